The Kier molecular flexibility index (Phi) is 12.7. The maximum absolute atomic E-state index is 12.3. The number of ether oxygens (including phenoxy) is 2. The lowest BCUT2D eigenvalue weighted by Gasteiger charge is -2.06. The standard InChI is InChI=1S/C22H14N6O4.C17H8ClN5O2.C5H7NO2/c1-3-30-22(29)16(23-2)17-26-18(20-24-12-8-4-6-10-14(12)31-20)28-19(27-17)21-25-13-9-5-7-11-15(13)32-21;18-17-22-13(15-19-9-5-1-3-7-11(9)24-15)21-14(23-17)16-20-10-6-2-4-8-12(10)25-16;1-3-8-5(7)4-6-2/h4-11,16H,3H2,1H3;1-8H;3-4H2,1H3. The number of hydrogen-bond donors (Lipinski definition) is 0. The van der Waals surface area contributed by atoms with Gasteiger partial charge in [-0.05, 0) is 74.0 Å². The Labute approximate surface area is 371 Å². The maximum atomic E-state index is 12.3. The molecule has 0 saturated carbocycles. The first kappa shape index (κ1) is 42.7. The second-order valence-corrected chi connectivity index (χ2v) is 13.3. The van der Waals surface area contributed by atoms with Crippen molar-refractivity contribution in [2.24, 2.45) is 0 Å². The molecule has 0 radical (unpaired) electrons. The van der Waals surface area contributed by atoms with Crippen molar-refractivity contribution in [3.05, 3.63) is 131 Å². The molecule has 10 aromatic rings. The molecule has 0 saturated heterocycles. The average Bonchev–Trinajstić information content (AvgIpc) is 4.14. The molecule has 320 valence electrons. The quantitative estimate of drug-likeness (QED) is 0.0972. The minimum atomic E-state index is -1.38. The highest BCUT2D eigenvalue weighted by Crippen LogP contribution is 2.29. The van der Waals surface area contributed by atoms with Crippen molar-refractivity contribution in [2.45, 2.75) is 19.9 Å². The first-order valence-corrected chi connectivity index (χ1v) is 19.7. The number of nitrogens with zero attached hydrogens (tertiary/aromatic N) is 12. The van der Waals surface area contributed by atoms with Gasteiger partial charge in [-0.2, -0.15) is 29.9 Å². The van der Waals surface area contributed by atoms with Crippen LogP contribution in [0.1, 0.15) is 25.7 Å². The molecule has 1 atom stereocenters. The van der Waals surface area contributed by atoms with Gasteiger partial charge in [0, 0.05) is 0 Å². The molecule has 0 aliphatic carbocycles. The molecule has 0 amide bonds. The summed E-state index contributed by atoms with van der Waals surface area (Å²) in [6, 6.07) is 27.8. The summed E-state index contributed by atoms with van der Waals surface area (Å²) in [5, 5.41) is 0.00418. The molecule has 1 unspecified atom stereocenters. The lowest BCUT2D eigenvalue weighted by atomic mass is 10.3. The topological polar surface area (TPSA) is 243 Å². The van der Waals surface area contributed by atoms with Gasteiger partial charge < -0.3 is 32.0 Å². The summed E-state index contributed by atoms with van der Waals surface area (Å²) in [6.45, 7) is 17.4. The highest BCUT2D eigenvalue weighted by molar-refractivity contribution is 6.28. The molecule has 20 nitrogen and oxygen atoms in total. The largest absolute Gasteiger partial charge is 0.460 e. The van der Waals surface area contributed by atoms with Gasteiger partial charge in [0.05, 0.1) is 13.2 Å². The van der Waals surface area contributed by atoms with Crippen LogP contribution in [0.5, 0.6) is 0 Å². The van der Waals surface area contributed by atoms with Crippen LogP contribution in [0.25, 0.3) is 101 Å². The van der Waals surface area contributed by atoms with E-state index in [2.05, 4.69) is 64.3 Å². The smallest absolute Gasteiger partial charge is 0.398 e. The summed E-state index contributed by atoms with van der Waals surface area (Å²) in [6.07, 6.45) is 0. The van der Waals surface area contributed by atoms with Gasteiger partial charge in [0.1, 0.15) is 22.1 Å². The fraction of sp³-hybridized carbons (Fsp3) is 0.136. The summed E-state index contributed by atoms with van der Waals surface area (Å²) < 4.78 is 32.3. The van der Waals surface area contributed by atoms with Crippen molar-refractivity contribution in [3.63, 3.8) is 0 Å². The highest BCUT2D eigenvalue weighted by Gasteiger charge is 2.33. The maximum Gasteiger partial charge on any atom is 0.398 e. The number of para-hydroxylation sites is 8. The highest BCUT2D eigenvalue weighted by atomic mass is 35.5. The first-order chi connectivity index (χ1) is 31.7. The molecule has 0 fully saturated rings. The van der Waals surface area contributed by atoms with E-state index in [-0.39, 0.29) is 71.1 Å². The summed E-state index contributed by atoms with van der Waals surface area (Å²) in [5.41, 5.74) is 4.99. The van der Waals surface area contributed by atoms with E-state index in [0.717, 1.165) is 0 Å². The molecular weight excluding hydrogens is 860 g/mol. The minimum absolute atomic E-state index is 0.00418. The number of fused-ring (bicyclic) bond motifs is 4. The van der Waals surface area contributed by atoms with Crippen LogP contribution in [-0.2, 0) is 19.1 Å². The molecule has 0 N–H and O–H groups in total. The number of carbonyl (C=O) groups excluding carboxylic acids is 2. The SMILES string of the molecule is Clc1nc(-c2nc3ccccc3o2)nc(-c2nc3ccccc3o2)n1.[C-]#[N+]C(C(=O)OCC)c1nc(-c2nc3ccccc3o2)nc(-c2nc3ccccc3o2)n1.[C-]#[N+]CC(=O)OCC. The Bertz CT molecular complexity index is 3110. The van der Waals surface area contributed by atoms with Gasteiger partial charge in [0.2, 0.25) is 34.4 Å². The fourth-order valence-electron chi connectivity index (χ4n) is 5.83. The van der Waals surface area contributed by atoms with Gasteiger partial charge in [-0.15, -0.1) is 0 Å². The van der Waals surface area contributed by atoms with Crippen molar-refractivity contribution in [3.8, 4) is 46.9 Å². The van der Waals surface area contributed by atoms with Gasteiger partial charge in [0.25, 0.3) is 23.6 Å². The molecule has 65 heavy (non-hydrogen) atoms. The predicted molar refractivity (Wildman–Crippen MR) is 231 cm³/mol. The van der Waals surface area contributed by atoms with Crippen LogP contribution in [0.4, 0.5) is 0 Å². The Morgan fingerprint density at radius 1 is 0.538 bits per heavy atom. The third-order valence-corrected chi connectivity index (χ3v) is 8.77. The van der Waals surface area contributed by atoms with Crippen molar-refractivity contribution in [1.82, 2.24) is 49.8 Å². The molecule has 4 aromatic carbocycles. The van der Waals surface area contributed by atoms with E-state index in [0.29, 0.717) is 51.0 Å². The van der Waals surface area contributed by atoms with Gasteiger partial charge in [-0.3, -0.25) is 4.85 Å². The van der Waals surface area contributed by atoms with E-state index in [1.807, 2.05) is 72.8 Å². The summed E-state index contributed by atoms with van der Waals surface area (Å²) in [7, 11) is 0. The number of hydrogen-bond acceptors (Lipinski definition) is 18. The number of carbonyl (C=O) groups is 2. The van der Waals surface area contributed by atoms with Crippen molar-refractivity contribution in [1.29, 1.82) is 0 Å². The van der Waals surface area contributed by atoms with Crippen LogP contribution in [0.2, 0.25) is 5.28 Å². The summed E-state index contributed by atoms with van der Waals surface area (Å²) in [4.78, 5) is 71.8. The van der Waals surface area contributed by atoms with Crippen LogP contribution in [0.15, 0.2) is 115 Å². The van der Waals surface area contributed by atoms with Crippen LogP contribution in [0.3, 0.4) is 0 Å². The number of benzene rings is 4. The summed E-state index contributed by atoms with van der Waals surface area (Å²) in [5.74, 6) is -0.0683. The Balaban J connectivity index is 0.000000155. The van der Waals surface area contributed by atoms with Crippen molar-refractivity contribution < 1.29 is 36.7 Å². The zero-order valence-electron chi connectivity index (χ0n) is 33.9. The molecule has 0 bridgehead atoms. The molecule has 21 heteroatoms. The van der Waals surface area contributed by atoms with Gasteiger partial charge in [-0.25, -0.2) is 42.7 Å². The average molecular weight is 889 g/mol. The zero-order chi connectivity index (χ0) is 45.3. The monoisotopic (exact) mass is 888 g/mol. The molecule has 0 spiro atoms. The number of esters is 2. The Hall–Kier alpha value is -9.01. The van der Waals surface area contributed by atoms with Gasteiger partial charge in [0.15, 0.2) is 22.3 Å². The molecule has 0 aliphatic rings. The van der Waals surface area contributed by atoms with Crippen LogP contribution < -0.4 is 0 Å². The number of rotatable bonds is 9. The first-order valence-electron chi connectivity index (χ1n) is 19.4. The van der Waals surface area contributed by atoms with E-state index in [9.17, 15) is 9.59 Å². The van der Waals surface area contributed by atoms with E-state index in [1.54, 1.807) is 38.1 Å². The summed E-state index contributed by atoms with van der Waals surface area (Å²) >= 11 is 6.05. The number of halogens is 1. The lowest BCUT2D eigenvalue weighted by molar-refractivity contribution is -0.144. The van der Waals surface area contributed by atoms with Crippen LogP contribution in [-0.4, -0.2) is 81.5 Å². The van der Waals surface area contributed by atoms with Crippen LogP contribution in [0, 0.1) is 13.1 Å². The van der Waals surface area contributed by atoms with Crippen LogP contribution >= 0.6 is 11.6 Å². The molecule has 10 rings (SSSR count). The molecule has 6 aromatic heterocycles. The normalized spacial score (nSPS) is 11.2. The zero-order valence-corrected chi connectivity index (χ0v) is 34.7. The molecule has 6 heterocycles. The third-order valence-electron chi connectivity index (χ3n) is 8.60. The lowest BCUT2D eigenvalue weighted by Crippen LogP contribution is -2.17. The predicted octanol–water partition coefficient (Wildman–Crippen LogP) is 8.62. The molecular formula is C44H29ClN12O8. The van der Waals surface area contributed by atoms with Gasteiger partial charge in [-0.1, -0.05) is 48.5 Å². The van der Waals surface area contributed by atoms with Crippen molar-refractivity contribution in [2.75, 3.05) is 19.8 Å². The van der Waals surface area contributed by atoms with Crippen molar-refractivity contribution >= 4 is 67.9 Å². The molecule has 0 aliphatic heterocycles. The Morgan fingerprint density at radius 3 is 1.22 bits per heavy atom. The third kappa shape index (κ3) is 9.73. The minimum Gasteiger partial charge on any atom is -0.460 e. The van der Waals surface area contributed by atoms with E-state index < -0.39 is 18.0 Å². The Morgan fingerprint density at radius 2 is 0.892 bits per heavy atom. The number of oxazole rings is 4. The van der Waals surface area contributed by atoms with E-state index in [1.165, 1.54) is 0 Å². The van der Waals surface area contributed by atoms with Gasteiger partial charge >= 0.3 is 24.5 Å². The second kappa shape index (κ2) is 19.4. The van der Waals surface area contributed by atoms with E-state index >= 15 is 0 Å². The fourth-order valence-corrected chi connectivity index (χ4v) is 5.99. The van der Waals surface area contributed by atoms with E-state index in [4.69, 9.17) is 47.2 Å². The number of aromatic nitrogens is 10. The second-order valence-electron chi connectivity index (χ2n) is 12.9.